The van der Waals surface area contributed by atoms with Crippen LogP contribution in [0.5, 0.6) is 0 Å². The van der Waals surface area contributed by atoms with E-state index in [4.69, 9.17) is 10.5 Å². The molecule has 0 saturated heterocycles. The molecule has 0 aliphatic heterocycles. The van der Waals surface area contributed by atoms with Gasteiger partial charge in [-0.25, -0.2) is 13.1 Å². The van der Waals surface area contributed by atoms with Gasteiger partial charge in [0.15, 0.2) is 9.84 Å². The molecule has 1 rings (SSSR count). The minimum atomic E-state index is -3.03. The molecule has 0 saturated carbocycles. The van der Waals surface area contributed by atoms with Gasteiger partial charge in [0.1, 0.15) is 0 Å². The summed E-state index contributed by atoms with van der Waals surface area (Å²) in [6.45, 7) is 2.91. The van der Waals surface area contributed by atoms with Gasteiger partial charge >= 0.3 is 0 Å². The zero-order chi connectivity index (χ0) is 13.6. The van der Waals surface area contributed by atoms with Crippen molar-refractivity contribution in [1.29, 1.82) is 0 Å². The number of sulfone groups is 1. The molecular formula is C9H19N5O3S. The average molecular weight is 277 g/mol. The molecule has 0 fully saturated rings. The highest BCUT2D eigenvalue weighted by Crippen LogP contribution is 2.05. The SMILES string of the molecule is CCS(=O)(=O)CCn1nc(NCCOC)nc1N. The summed E-state index contributed by atoms with van der Waals surface area (Å²) in [5.74, 6) is 0.689. The van der Waals surface area contributed by atoms with Gasteiger partial charge in [-0.15, -0.1) is 5.10 Å². The number of nitrogen functional groups attached to an aromatic ring is 1. The van der Waals surface area contributed by atoms with Crippen LogP contribution in [0.25, 0.3) is 0 Å². The van der Waals surface area contributed by atoms with Crippen molar-refractivity contribution in [2.45, 2.75) is 13.5 Å². The molecule has 18 heavy (non-hydrogen) atoms. The fraction of sp³-hybridized carbons (Fsp3) is 0.778. The number of methoxy groups -OCH3 is 1. The van der Waals surface area contributed by atoms with E-state index in [-0.39, 0.29) is 24.0 Å². The molecule has 0 bridgehead atoms. The van der Waals surface area contributed by atoms with Crippen molar-refractivity contribution in [2.24, 2.45) is 0 Å². The molecule has 0 amide bonds. The van der Waals surface area contributed by atoms with Crippen LogP contribution < -0.4 is 11.1 Å². The standard InChI is InChI=1S/C9H19N5O3S/c1-3-18(15,16)7-5-14-8(10)12-9(13-14)11-4-6-17-2/h3-7H2,1-2H3,(H3,10,11,12,13). The van der Waals surface area contributed by atoms with E-state index in [9.17, 15) is 8.42 Å². The summed E-state index contributed by atoms with van der Waals surface area (Å²) in [6.07, 6.45) is 0. The van der Waals surface area contributed by atoms with Crippen LogP contribution in [0.2, 0.25) is 0 Å². The third-order valence-electron chi connectivity index (χ3n) is 2.34. The van der Waals surface area contributed by atoms with E-state index in [0.29, 0.717) is 19.1 Å². The molecule has 0 atom stereocenters. The number of nitrogens with zero attached hydrogens (tertiary/aromatic N) is 3. The fourth-order valence-corrected chi connectivity index (χ4v) is 1.97. The minimum absolute atomic E-state index is 0.00850. The highest BCUT2D eigenvalue weighted by Gasteiger charge is 2.11. The van der Waals surface area contributed by atoms with E-state index in [1.807, 2.05) is 0 Å². The lowest BCUT2D eigenvalue weighted by molar-refractivity contribution is 0.210. The maximum atomic E-state index is 11.4. The number of ether oxygens (including phenoxy) is 1. The van der Waals surface area contributed by atoms with Gasteiger partial charge in [-0.3, -0.25) is 0 Å². The van der Waals surface area contributed by atoms with Gasteiger partial charge in [-0.1, -0.05) is 6.92 Å². The number of rotatable bonds is 8. The predicted molar refractivity (Wildman–Crippen MR) is 69.1 cm³/mol. The van der Waals surface area contributed by atoms with Crippen LogP contribution in [0, 0.1) is 0 Å². The Hall–Kier alpha value is -1.35. The molecule has 0 aromatic carbocycles. The number of hydrogen-bond donors (Lipinski definition) is 2. The second kappa shape index (κ2) is 6.55. The van der Waals surface area contributed by atoms with E-state index in [1.54, 1.807) is 14.0 Å². The van der Waals surface area contributed by atoms with Crippen LogP contribution in [0.3, 0.4) is 0 Å². The molecule has 104 valence electrons. The largest absolute Gasteiger partial charge is 0.383 e. The second-order valence-electron chi connectivity index (χ2n) is 3.67. The van der Waals surface area contributed by atoms with Crippen molar-refractivity contribution in [3.63, 3.8) is 0 Å². The van der Waals surface area contributed by atoms with Gasteiger partial charge in [0.2, 0.25) is 11.9 Å². The first-order valence-electron chi connectivity index (χ1n) is 5.62. The molecular weight excluding hydrogens is 258 g/mol. The van der Waals surface area contributed by atoms with Crippen LogP contribution in [-0.2, 0) is 21.1 Å². The van der Waals surface area contributed by atoms with E-state index in [2.05, 4.69) is 15.4 Å². The van der Waals surface area contributed by atoms with Crippen LogP contribution in [0.4, 0.5) is 11.9 Å². The molecule has 9 heteroatoms. The number of nitrogens with one attached hydrogen (secondary N) is 1. The van der Waals surface area contributed by atoms with Crippen molar-refractivity contribution in [1.82, 2.24) is 14.8 Å². The fourth-order valence-electron chi connectivity index (χ4n) is 1.23. The quantitative estimate of drug-likeness (QED) is 0.607. The second-order valence-corrected chi connectivity index (χ2v) is 6.15. The Morgan fingerprint density at radius 3 is 2.83 bits per heavy atom. The first-order chi connectivity index (χ1) is 8.48. The monoisotopic (exact) mass is 277 g/mol. The number of hydrogen-bond acceptors (Lipinski definition) is 7. The molecule has 0 unspecified atom stereocenters. The highest BCUT2D eigenvalue weighted by atomic mass is 32.2. The van der Waals surface area contributed by atoms with E-state index < -0.39 is 9.84 Å². The van der Waals surface area contributed by atoms with E-state index in [0.717, 1.165) is 0 Å². The summed E-state index contributed by atoms with van der Waals surface area (Å²) >= 11 is 0. The Morgan fingerprint density at radius 1 is 1.50 bits per heavy atom. The Morgan fingerprint density at radius 2 is 2.22 bits per heavy atom. The summed E-state index contributed by atoms with van der Waals surface area (Å²) in [5.41, 5.74) is 5.64. The van der Waals surface area contributed by atoms with Gasteiger partial charge < -0.3 is 15.8 Å². The third kappa shape index (κ3) is 4.49. The topological polar surface area (TPSA) is 112 Å². The van der Waals surface area contributed by atoms with Gasteiger partial charge in [-0.2, -0.15) is 4.98 Å². The minimum Gasteiger partial charge on any atom is -0.383 e. The van der Waals surface area contributed by atoms with Crippen molar-refractivity contribution in [2.75, 3.05) is 42.8 Å². The summed E-state index contributed by atoms with van der Waals surface area (Å²) in [5, 5.41) is 6.99. The van der Waals surface area contributed by atoms with Crippen molar-refractivity contribution in [3.8, 4) is 0 Å². The molecule has 0 spiro atoms. The van der Waals surface area contributed by atoms with Crippen molar-refractivity contribution < 1.29 is 13.2 Å². The maximum Gasteiger partial charge on any atom is 0.244 e. The maximum absolute atomic E-state index is 11.4. The summed E-state index contributed by atoms with van der Waals surface area (Å²) in [4.78, 5) is 3.98. The number of aryl methyl sites for hydroxylation is 1. The summed E-state index contributed by atoms with van der Waals surface area (Å²) in [7, 11) is -1.44. The smallest absolute Gasteiger partial charge is 0.244 e. The molecule has 1 heterocycles. The van der Waals surface area contributed by atoms with Crippen LogP contribution in [0.1, 0.15) is 6.92 Å². The normalized spacial score (nSPS) is 11.7. The Kier molecular flexibility index (Phi) is 5.35. The average Bonchev–Trinajstić information content (AvgIpc) is 2.68. The Balaban J connectivity index is 2.56. The molecule has 0 aliphatic carbocycles. The van der Waals surface area contributed by atoms with E-state index in [1.165, 1.54) is 4.68 Å². The van der Waals surface area contributed by atoms with Crippen molar-refractivity contribution >= 4 is 21.7 Å². The van der Waals surface area contributed by atoms with Gasteiger partial charge in [0.25, 0.3) is 0 Å². The first kappa shape index (κ1) is 14.7. The van der Waals surface area contributed by atoms with Crippen LogP contribution >= 0.6 is 0 Å². The van der Waals surface area contributed by atoms with Gasteiger partial charge in [-0.05, 0) is 0 Å². The van der Waals surface area contributed by atoms with Crippen molar-refractivity contribution in [3.05, 3.63) is 0 Å². The molecule has 0 radical (unpaired) electrons. The Bertz CT molecular complexity index is 471. The molecule has 1 aromatic rings. The molecule has 0 aliphatic rings. The Labute approximate surface area is 106 Å². The zero-order valence-corrected chi connectivity index (χ0v) is 11.4. The predicted octanol–water partition coefficient (Wildman–Crippen LogP) is -0.647. The zero-order valence-electron chi connectivity index (χ0n) is 10.6. The van der Waals surface area contributed by atoms with Crippen LogP contribution in [0.15, 0.2) is 0 Å². The van der Waals surface area contributed by atoms with Crippen LogP contribution in [-0.4, -0.2) is 54.9 Å². The first-order valence-corrected chi connectivity index (χ1v) is 7.44. The number of nitrogens with two attached hydrogens (primary N) is 1. The number of aromatic nitrogens is 3. The lowest BCUT2D eigenvalue weighted by Gasteiger charge is -2.02. The third-order valence-corrected chi connectivity index (χ3v) is 4.03. The lowest BCUT2D eigenvalue weighted by atomic mass is 10.7. The summed E-state index contributed by atoms with van der Waals surface area (Å²) in [6, 6.07) is 0. The molecule has 8 nitrogen and oxygen atoms in total. The molecule has 1 aromatic heterocycles. The number of anilines is 2. The van der Waals surface area contributed by atoms with E-state index >= 15 is 0 Å². The van der Waals surface area contributed by atoms with Gasteiger partial charge in [0, 0.05) is 19.4 Å². The summed E-state index contributed by atoms with van der Waals surface area (Å²) < 4.78 is 29.0. The lowest BCUT2D eigenvalue weighted by Crippen LogP contribution is -2.17. The highest BCUT2D eigenvalue weighted by molar-refractivity contribution is 7.91. The van der Waals surface area contributed by atoms with Gasteiger partial charge in [0.05, 0.1) is 18.9 Å². The molecule has 3 N–H and O–H groups in total.